The smallest absolute Gasteiger partial charge is 0.307 e. The summed E-state index contributed by atoms with van der Waals surface area (Å²) >= 11 is 0. The average molecular weight is 261 g/mol. The number of likely N-dealkylation sites (N-methyl/N-ethyl adjacent to an activating group) is 1. The Morgan fingerprint density at radius 2 is 2.17 bits per heavy atom. The molecule has 0 aliphatic carbocycles. The van der Waals surface area contributed by atoms with E-state index >= 15 is 0 Å². The molecule has 6 heteroatoms. The lowest BCUT2D eigenvalue weighted by Crippen LogP contribution is -2.54. The number of hydrogen-bond acceptors (Lipinski definition) is 6. The molecule has 0 aromatic rings. The molecule has 1 saturated heterocycles. The lowest BCUT2D eigenvalue weighted by Gasteiger charge is -2.41. The third-order valence-corrected chi connectivity index (χ3v) is 3.11. The van der Waals surface area contributed by atoms with Crippen LogP contribution in [0.4, 0.5) is 0 Å². The van der Waals surface area contributed by atoms with Crippen molar-refractivity contribution in [2.45, 2.75) is 44.3 Å². The summed E-state index contributed by atoms with van der Waals surface area (Å²) in [6.45, 7) is 2.14. The SMILES string of the molecule is COC(=O)CCO[C@H]1[C@H](O)O[C@H](C)C[C@@H]1N(C)C. The number of aliphatic hydroxyl groups excluding tert-OH is 1. The normalized spacial score (nSPS) is 32.6. The van der Waals surface area contributed by atoms with Crippen molar-refractivity contribution in [1.82, 2.24) is 4.90 Å². The van der Waals surface area contributed by atoms with Gasteiger partial charge in [-0.15, -0.1) is 0 Å². The molecule has 1 N–H and O–H groups in total. The van der Waals surface area contributed by atoms with Crippen LogP contribution in [0, 0.1) is 0 Å². The quantitative estimate of drug-likeness (QED) is 0.702. The van der Waals surface area contributed by atoms with Crippen molar-refractivity contribution in [3.05, 3.63) is 0 Å². The van der Waals surface area contributed by atoms with Crippen LogP contribution in [0.3, 0.4) is 0 Å². The van der Waals surface area contributed by atoms with Gasteiger partial charge in [-0.25, -0.2) is 0 Å². The molecule has 0 aromatic heterocycles. The van der Waals surface area contributed by atoms with Crippen LogP contribution in [0.5, 0.6) is 0 Å². The Balaban J connectivity index is 2.50. The van der Waals surface area contributed by atoms with Gasteiger partial charge in [0.15, 0.2) is 6.29 Å². The van der Waals surface area contributed by atoms with Crippen molar-refractivity contribution in [2.24, 2.45) is 0 Å². The van der Waals surface area contributed by atoms with E-state index in [2.05, 4.69) is 4.74 Å². The number of methoxy groups -OCH3 is 1. The second kappa shape index (κ2) is 7.04. The molecule has 1 aliphatic rings. The monoisotopic (exact) mass is 261 g/mol. The number of nitrogens with zero attached hydrogens (tertiary/aromatic N) is 1. The molecule has 1 fully saturated rings. The number of carbonyl (C=O) groups excluding carboxylic acids is 1. The maximum Gasteiger partial charge on any atom is 0.307 e. The lowest BCUT2D eigenvalue weighted by molar-refractivity contribution is -0.243. The fourth-order valence-corrected chi connectivity index (χ4v) is 2.11. The second-order valence-corrected chi connectivity index (χ2v) is 4.77. The van der Waals surface area contributed by atoms with Crippen LogP contribution < -0.4 is 0 Å². The Hall–Kier alpha value is -0.690. The number of esters is 1. The molecular weight excluding hydrogens is 238 g/mol. The van der Waals surface area contributed by atoms with Crippen LogP contribution >= 0.6 is 0 Å². The summed E-state index contributed by atoms with van der Waals surface area (Å²) in [7, 11) is 5.21. The molecule has 0 aromatic carbocycles. The Bertz CT molecular complexity index is 271. The van der Waals surface area contributed by atoms with Gasteiger partial charge >= 0.3 is 5.97 Å². The highest BCUT2D eigenvalue weighted by molar-refractivity contribution is 5.69. The van der Waals surface area contributed by atoms with Crippen molar-refractivity contribution in [1.29, 1.82) is 0 Å². The van der Waals surface area contributed by atoms with Crippen molar-refractivity contribution in [2.75, 3.05) is 27.8 Å². The van der Waals surface area contributed by atoms with Crippen molar-refractivity contribution < 1.29 is 24.1 Å². The van der Waals surface area contributed by atoms with Crippen molar-refractivity contribution >= 4 is 5.97 Å². The maximum absolute atomic E-state index is 11.0. The van der Waals surface area contributed by atoms with E-state index < -0.39 is 12.4 Å². The Labute approximate surface area is 108 Å². The van der Waals surface area contributed by atoms with Gasteiger partial charge in [-0.05, 0) is 27.4 Å². The number of rotatable bonds is 5. The van der Waals surface area contributed by atoms with Crippen LogP contribution in [0.25, 0.3) is 0 Å². The summed E-state index contributed by atoms with van der Waals surface area (Å²) in [6.07, 6.45) is -0.449. The van der Waals surface area contributed by atoms with Gasteiger partial charge in [0.25, 0.3) is 0 Å². The van der Waals surface area contributed by atoms with Gasteiger partial charge in [0.05, 0.1) is 26.2 Å². The highest BCUT2D eigenvalue weighted by Crippen LogP contribution is 2.24. The molecule has 0 saturated carbocycles. The molecule has 1 heterocycles. The second-order valence-electron chi connectivity index (χ2n) is 4.77. The van der Waals surface area contributed by atoms with E-state index in [1.807, 2.05) is 25.9 Å². The zero-order valence-corrected chi connectivity index (χ0v) is 11.5. The van der Waals surface area contributed by atoms with Gasteiger partial charge in [0.1, 0.15) is 6.10 Å². The fourth-order valence-electron chi connectivity index (χ4n) is 2.11. The summed E-state index contributed by atoms with van der Waals surface area (Å²) in [6, 6.07) is 0.0707. The zero-order valence-electron chi connectivity index (χ0n) is 11.5. The standard InChI is InChI=1S/C12H23NO5/c1-8-7-9(13(2)3)11(12(15)18-8)17-6-5-10(14)16-4/h8-9,11-12,15H,5-7H2,1-4H3/t8-,9+,11-,12-/m1/s1. The maximum atomic E-state index is 11.0. The molecule has 4 atom stereocenters. The first kappa shape index (κ1) is 15.4. The van der Waals surface area contributed by atoms with E-state index in [4.69, 9.17) is 9.47 Å². The van der Waals surface area contributed by atoms with E-state index in [9.17, 15) is 9.90 Å². The molecule has 0 unspecified atom stereocenters. The highest BCUT2D eigenvalue weighted by atomic mass is 16.6. The van der Waals surface area contributed by atoms with Crippen LogP contribution in [0.15, 0.2) is 0 Å². The van der Waals surface area contributed by atoms with E-state index in [0.29, 0.717) is 0 Å². The molecule has 106 valence electrons. The van der Waals surface area contributed by atoms with Crippen molar-refractivity contribution in [3.63, 3.8) is 0 Å². The molecule has 6 nitrogen and oxygen atoms in total. The summed E-state index contributed by atoms with van der Waals surface area (Å²) in [5, 5.41) is 9.89. The summed E-state index contributed by atoms with van der Waals surface area (Å²) in [4.78, 5) is 13.0. The predicted octanol–water partition coefficient (Wildman–Crippen LogP) is -0.00790. The Morgan fingerprint density at radius 1 is 1.50 bits per heavy atom. The average Bonchev–Trinajstić information content (AvgIpc) is 2.30. The van der Waals surface area contributed by atoms with Gasteiger partial charge in [-0.3, -0.25) is 4.79 Å². The van der Waals surface area contributed by atoms with Gasteiger partial charge in [0.2, 0.25) is 0 Å². The van der Waals surface area contributed by atoms with Crippen LogP contribution in [0.1, 0.15) is 19.8 Å². The van der Waals surface area contributed by atoms with E-state index in [-0.39, 0.29) is 31.1 Å². The highest BCUT2D eigenvalue weighted by Gasteiger charge is 2.38. The van der Waals surface area contributed by atoms with Crippen molar-refractivity contribution in [3.8, 4) is 0 Å². The molecule has 18 heavy (non-hydrogen) atoms. The number of aliphatic hydroxyl groups is 1. The van der Waals surface area contributed by atoms with Gasteiger partial charge in [-0.2, -0.15) is 0 Å². The zero-order chi connectivity index (χ0) is 13.7. The van der Waals surface area contributed by atoms with Crippen LogP contribution in [-0.4, -0.2) is 68.3 Å². The van der Waals surface area contributed by atoms with Gasteiger partial charge in [0, 0.05) is 6.04 Å². The minimum Gasteiger partial charge on any atom is -0.469 e. The van der Waals surface area contributed by atoms with Crippen LogP contribution in [0.2, 0.25) is 0 Å². The molecule has 0 bridgehead atoms. The van der Waals surface area contributed by atoms with Crippen LogP contribution in [-0.2, 0) is 19.0 Å². The first-order valence-electron chi connectivity index (χ1n) is 6.14. The summed E-state index contributed by atoms with van der Waals surface area (Å²) in [5.74, 6) is -0.323. The Morgan fingerprint density at radius 3 is 2.72 bits per heavy atom. The predicted molar refractivity (Wildman–Crippen MR) is 65.0 cm³/mol. The lowest BCUT2D eigenvalue weighted by atomic mass is 9.99. The van der Waals surface area contributed by atoms with E-state index in [1.54, 1.807) is 0 Å². The summed E-state index contributed by atoms with van der Waals surface area (Å²) < 4.78 is 15.5. The first-order chi connectivity index (χ1) is 8.45. The number of ether oxygens (including phenoxy) is 3. The minimum absolute atomic E-state index is 0.00661. The van der Waals surface area contributed by atoms with Gasteiger partial charge in [-0.1, -0.05) is 0 Å². The molecule has 1 aliphatic heterocycles. The topological polar surface area (TPSA) is 68.2 Å². The van der Waals surface area contributed by atoms with E-state index in [1.165, 1.54) is 7.11 Å². The molecular formula is C12H23NO5. The summed E-state index contributed by atoms with van der Waals surface area (Å²) in [5.41, 5.74) is 0. The Kier molecular flexibility index (Phi) is 6.01. The largest absolute Gasteiger partial charge is 0.469 e. The number of carbonyl (C=O) groups is 1. The molecule has 1 rings (SSSR count). The van der Waals surface area contributed by atoms with Gasteiger partial charge < -0.3 is 24.2 Å². The molecule has 0 radical (unpaired) electrons. The first-order valence-corrected chi connectivity index (χ1v) is 6.14. The fraction of sp³-hybridized carbons (Fsp3) is 0.917. The molecule has 0 amide bonds. The number of hydrogen-bond donors (Lipinski definition) is 1. The molecule has 0 spiro atoms. The van der Waals surface area contributed by atoms with E-state index in [0.717, 1.165) is 6.42 Å². The third-order valence-electron chi connectivity index (χ3n) is 3.11. The minimum atomic E-state index is -0.959. The third kappa shape index (κ3) is 4.20.